The number of methoxy groups -OCH3 is 1. The van der Waals surface area contributed by atoms with Gasteiger partial charge < -0.3 is 4.74 Å². The summed E-state index contributed by atoms with van der Waals surface area (Å²) in [5, 5.41) is 4.11. The highest BCUT2D eigenvalue weighted by atomic mass is 32.2. The van der Waals surface area contributed by atoms with Crippen LogP contribution in [0.3, 0.4) is 0 Å². The molecule has 1 aromatic heterocycles. The fourth-order valence-electron chi connectivity index (χ4n) is 1.64. The zero-order chi connectivity index (χ0) is 13.3. The molecule has 0 radical (unpaired) electrons. The number of hydrogen-bond acceptors (Lipinski definition) is 6. The van der Waals surface area contributed by atoms with Crippen molar-refractivity contribution in [3.05, 3.63) is 12.4 Å². The van der Waals surface area contributed by atoms with Crippen molar-refractivity contribution in [2.45, 2.75) is 11.7 Å². The first-order valence-electron chi connectivity index (χ1n) is 5.10. The maximum Gasteiger partial charge on any atom is 0.232 e. The molecule has 9 heteroatoms. The number of anilines is 1. The molecule has 1 unspecified atom stereocenters. The highest BCUT2D eigenvalue weighted by Gasteiger charge is 2.38. The lowest BCUT2D eigenvalue weighted by Gasteiger charge is -2.13. The van der Waals surface area contributed by atoms with Gasteiger partial charge in [-0.3, -0.25) is 9.69 Å². The molecule has 0 aromatic carbocycles. The SMILES string of the molecule is COc1cnc(N2CC(S(N)(=O)=O)CC2=O)nc1. The van der Waals surface area contributed by atoms with E-state index in [4.69, 9.17) is 9.88 Å². The van der Waals surface area contributed by atoms with Crippen LogP contribution in [0.15, 0.2) is 12.4 Å². The molecule has 8 nitrogen and oxygen atoms in total. The highest BCUT2D eigenvalue weighted by Crippen LogP contribution is 2.21. The van der Waals surface area contributed by atoms with Gasteiger partial charge in [0.25, 0.3) is 0 Å². The number of sulfonamides is 1. The molecule has 0 saturated carbocycles. The van der Waals surface area contributed by atoms with E-state index in [0.717, 1.165) is 0 Å². The van der Waals surface area contributed by atoms with Crippen molar-refractivity contribution < 1.29 is 17.9 Å². The maximum atomic E-state index is 11.7. The summed E-state index contributed by atoms with van der Waals surface area (Å²) in [6.45, 7) is -0.0238. The summed E-state index contributed by atoms with van der Waals surface area (Å²) in [6.07, 6.45) is 2.66. The predicted octanol–water partition coefficient (Wildman–Crippen LogP) is -1.12. The molecule has 1 saturated heterocycles. The number of amides is 1. The van der Waals surface area contributed by atoms with E-state index in [-0.39, 0.29) is 24.8 Å². The number of ether oxygens (including phenoxy) is 1. The van der Waals surface area contributed by atoms with Crippen LogP contribution in [-0.4, -0.2) is 43.2 Å². The molecule has 1 atom stereocenters. The van der Waals surface area contributed by atoms with Gasteiger partial charge >= 0.3 is 0 Å². The second-order valence-corrected chi connectivity index (χ2v) is 5.69. The van der Waals surface area contributed by atoms with Gasteiger partial charge in [0.05, 0.1) is 19.5 Å². The van der Waals surface area contributed by atoms with E-state index < -0.39 is 15.3 Å². The first-order chi connectivity index (χ1) is 8.41. The smallest absolute Gasteiger partial charge is 0.232 e. The Morgan fingerprint density at radius 1 is 1.44 bits per heavy atom. The van der Waals surface area contributed by atoms with Crippen molar-refractivity contribution in [3.8, 4) is 5.75 Å². The number of carbonyl (C=O) groups is 1. The Bertz CT molecular complexity index is 556. The third kappa shape index (κ3) is 2.41. The second kappa shape index (κ2) is 4.50. The van der Waals surface area contributed by atoms with Gasteiger partial charge in [-0.05, 0) is 0 Å². The van der Waals surface area contributed by atoms with E-state index in [1.54, 1.807) is 0 Å². The van der Waals surface area contributed by atoms with Crippen LogP contribution in [0.25, 0.3) is 0 Å². The van der Waals surface area contributed by atoms with Crippen molar-refractivity contribution in [2.24, 2.45) is 5.14 Å². The molecule has 98 valence electrons. The van der Waals surface area contributed by atoms with E-state index >= 15 is 0 Å². The Kier molecular flexibility index (Phi) is 3.18. The molecule has 1 amide bonds. The average molecular weight is 272 g/mol. The Morgan fingerprint density at radius 2 is 2.06 bits per heavy atom. The Balaban J connectivity index is 2.21. The van der Waals surface area contributed by atoms with E-state index in [2.05, 4.69) is 9.97 Å². The molecule has 0 bridgehead atoms. The summed E-state index contributed by atoms with van der Waals surface area (Å²) < 4.78 is 27.3. The highest BCUT2D eigenvalue weighted by molar-refractivity contribution is 7.89. The standard InChI is InChI=1S/C9H12N4O4S/c1-17-6-3-11-9(12-4-6)13-5-7(2-8(13)14)18(10,15)16/h3-4,7H,2,5H2,1H3,(H2,10,15,16). The summed E-state index contributed by atoms with van der Waals surface area (Å²) >= 11 is 0. The van der Waals surface area contributed by atoms with Gasteiger partial charge in [0, 0.05) is 13.0 Å². The Morgan fingerprint density at radius 3 is 2.50 bits per heavy atom. The topological polar surface area (TPSA) is 115 Å². The lowest BCUT2D eigenvalue weighted by atomic mass is 10.4. The number of nitrogens with zero attached hydrogens (tertiary/aromatic N) is 3. The number of primary sulfonamides is 1. The van der Waals surface area contributed by atoms with Crippen LogP contribution in [0.1, 0.15) is 6.42 Å². The quantitative estimate of drug-likeness (QED) is 0.745. The number of aromatic nitrogens is 2. The molecule has 0 spiro atoms. The molecular formula is C9H12N4O4S. The molecule has 2 N–H and O–H groups in total. The normalized spacial score (nSPS) is 20.2. The Hall–Kier alpha value is -1.74. The lowest BCUT2D eigenvalue weighted by molar-refractivity contribution is -0.117. The van der Waals surface area contributed by atoms with Crippen LogP contribution in [0.5, 0.6) is 5.75 Å². The Labute approximate surface area is 104 Å². The van der Waals surface area contributed by atoms with E-state index in [9.17, 15) is 13.2 Å². The molecular weight excluding hydrogens is 260 g/mol. The van der Waals surface area contributed by atoms with Gasteiger partial charge in [-0.2, -0.15) is 0 Å². The zero-order valence-electron chi connectivity index (χ0n) is 9.61. The van der Waals surface area contributed by atoms with Gasteiger partial charge in [0.2, 0.25) is 21.9 Å². The molecule has 18 heavy (non-hydrogen) atoms. The van der Waals surface area contributed by atoms with Crippen molar-refractivity contribution >= 4 is 21.9 Å². The molecule has 1 fully saturated rings. The van der Waals surface area contributed by atoms with Crippen LogP contribution < -0.4 is 14.8 Å². The maximum absolute atomic E-state index is 11.7. The predicted molar refractivity (Wildman–Crippen MR) is 62.4 cm³/mol. The van der Waals surface area contributed by atoms with Crippen LogP contribution in [0, 0.1) is 0 Å². The van der Waals surface area contributed by atoms with Gasteiger partial charge in [-0.25, -0.2) is 23.5 Å². The minimum absolute atomic E-state index is 0.0238. The molecule has 1 aliphatic rings. The molecule has 1 aromatic rings. The van der Waals surface area contributed by atoms with Crippen LogP contribution in [-0.2, 0) is 14.8 Å². The fourth-order valence-corrected chi connectivity index (χ4v) is 2.37. The summed E-state index contributed by atoms with van der Waals surface area (Å²) in [5.74, 6) is 0.236. The summed E-state index contributed by atoms with van der Waals surface area (Å²) in [6, 6.07) is 0. The van der Waals surface area contributed by atoms with Crippen molar-refractivity contribution in [2.75, 3.05) is 18.6 Å². The number of nitrogens with two attached hydrogens (primary N) is 1. The summed E-state index contributed by atoms with van der Waals surface area (Å²) in [7, 11) is -2.26. The van der Waals surface area contributed by atoms with Crippen molar-refractivity contribution in [3.63, 3.8) is 0 Å². The van der Waals surface area contributed by atoms with Gasteiger partial charge in [-0.1, -0.05) is 0 Å². The molecule has 1 aliphatic heterocycles. The van der Waals surface area contributed by atoms with E-state index in [0.29, 0.717) is 5.75 Å². The third-order valence-corrected chi connectivity index (χ3v) is 3.89. The van der Waals surface area contributed by atoms with Crippen LogP contribution in [0.2, 0.25) is 0 Å². The van der Waals surface area contributed by atoms with Crippen LogP contribution >= 0.6 is 0 Å². The minimum Gasteiger partial charge on any atom is -0.494 e. The van der Waals surface area contributed by atoms with Crippen molar-refractivity contribution in [1.29, 1.82) is 0 Å². The monoisotopic (exact) mass is 272 g/mol. The lowest BCUT2D eigenvalue weighted by Crippen LogP contribution is -2.32. The van der Waals surface area contributed by atoms with Gasteiger partial charge in [0.1, 0.15) is 5.25 Å². The summed E-state index contributed by atoms with van der Waals surface area (Å²) in [5.41, 5.74) is 0. The van der Waals surface area contributed by atoms with E-state index in [1.165, 1.54) is 24.4 Å². The molecule has 0 aliphatic carbocycles. The number of carbonyl (C=O) groups excluding carboxylic acids is 1. The third-order valence-electron chi connectivity index (χ3n) is 2.65. The summed E-state index contributed by atoms with van der Waals surface area (Å²) in [4.78, 5) is 20.7. The van der Waals surface area contributed by atoms with Crippen molar-refractivity contribution in [1.82, 2.24) is 9.97 Å². The zero-order valence-corrected chi connectivity index (χ0v) is 10.4. The number of rotatable bonds is 3. The number of hydrogen-bond donors (Lipinski definition) is 1. The first-order valence-corrected chi connectivity index (χ1v) is 6.71. The molecule has 2 rings (SSSR count). The van der Waals surface area contributed by atoms with Gasteiger partial charge in [-0.15, -0.1) is 0 Å². The second-order valence-electron chi connectivity index (χ2n) is 3.84. The average Bonchev–Trinajstić information content (AvgIpc) is 2.71. The largest absolute Gasteiger partial charge is 0.494 e. The first kappa shape index (κ1) is 12.7. The van der Waals surface area contributed by atoms with Crippen LogP contribution in [0.4, 0.5) is 5.95 Å². The fraction of sp³-hybridized carbons (Fsp3) is 0.444. The van der Waals surface area contributed by atoms with E-state index in [1.807, 2.05) is 0 Å². The van der Waals surface area contributed by atoms with Gasteiger partial charge in [0.15, 0.2) is 5.75 Å². The molecule has 2 heterocycles. The minimum atomic E-state index is -3.73.